The number of amides is 1. The third-order valence-corrected chi connectivity index (χ3v) is 6.06. The Kier molecular flexibility index (Phi) is 7.92. The van der Waals surface area contributed by atoms with Crippen molar-refractivity contribution in [2.24, 2.45) is 5.92 Å². The first-order valence-corrected chi connectivity index (χ1v) is 11.6. The molecule has 0 saturated carbocycles. The van der Waals surface area contributed by atoms with Gasteiger partial charge in [-0.15, -0.1) is 0 Å². The topological polar surface area (TPSA) is 54.5 Å². The number of benzene rings is 2. The highest BCUT2D eigenvalue weighted by Gasteiger charge is 2.27. The third-order valence-electron chi connectivity index (χ3n) is 5.81. The summed E-state index contributed by atoms with van der Waals surface area (Å²) in [4.78, 5) is 19.8. The molecule has 0 bridgehead atoms. The summed E-state index contributed by atoms with van der Waals surface area (Å²) in [7, 11) is 0. The van der Waals surface area contributed by atoms with Gasteiger partial charge in [0.15, 0.2) is 0 Å². The van der Waals surface area contributed by atoms with E-state index in [9.17, 15) is 9.18 Å². The number of carbonyl (C=O) groups is 1. The number of ether oxygens (including phenoxy) is 1. The molecule has 0 unspecified atom stereocenters. The number of rotatable bonds is 8. The van der Waals surface area contributed by atoms with Gasteiger partial charge in [0.05, 0.1) is 18.8 Å². The molecular formula is C26H27ClFN3O2. The van der Waals surface area contributed by atoms with Gasteiger partial charge in [0.2, 0.25) is 5.91 Å². The lowest BCUT2D eigenvalue weighted by atomic mass is 9.96. The molecule has 2 heterocycles. The number of hydrogen-bond acceptors (Lipinski definition) is 4. The van der Waals surface area contributed by atoms with E-state index >= 15 is 0 Å². The van der Waals surface area contributed by atoms with Crippen molar-refractivity contribution in [2.45, 2.75) is 19.4 Å². The van der Waals surface area contributed by atoms with Crippen LogP contribution in [0.4, 0.5) is 4.39 Å². The van der Waals surface area contributed by atoms with Crippen molar-refractivity contribution < 1.29 is 13.9 Å². The van der Waals surface area contributed by atoms with E-state index in [2.05, 4.69) is 10.3 Å². The highest BCUT2D eigenvalue weighted by molar-refractivity contribution is 6.30. The molecule has 0 atom stereocenters. The predicted octanol–water partition coefficient (Wildman–Crippen LogP) is 4.95. The molecule has 33 heavy (non-hydrogen) atoms. The van der Waals surface area contributed by atoms with E-state index in [1.54, 1.807) is 18.3 Å². The summed E-state index contributed by atoms with van der Waals surface area (Å²) in [6, 6.07) is 17.5. The van der Waals surface area contributed by atoms with Crippen LogP contribution in [0.5, 0.6) is 5.75 Å². The van der Waals surface area contributed by atoms with Crippen LogP contribution in [0.15, 0.2) is 66.9 Å². The van der Waals surface area contributed by atoms with E-state index in [1.807, 2.05) is 41.3 Å². The van der Waals surface area contributed by atoms with Crippen LogP contribution in [0.25, 0.3) is 11.1 Å². The van der Waals surface area contributed by atoms with Gasteiger partial charge in [0.1, 0.15) is 18.2 Å². The van der Waals surface area contributed by atoms with Crippen molar-refractivity contribution in [1.29, 1.82) is 0 Å². The van der Waals surface area contributed by atoms with Crippen LogP contribution in [-0.2, 0) is 11.3 Å². The van der Waals surface area contributed by atoms with Gasteiger partial charge in [0, 0.05) is 28.8 Å². The third kappa shape index (κ3) is 6.30. The largest absolute Gasteiger partial charge is 0.492 e. The van der Waals surface area contributed by atoms with Crippen molar-refractivity contribution in [3.05, 3.63) is 83.4 Å². The Morgan fingerprint density at radius 1 is 1.12 bits per heavy atom. The average Bonchev–Trinajstić information content (AvgIpc) is 2.84. The van der Waals surface area contributed by atoms with Crippen molar-refractivity contribution in [3.8, 4) is 16.9 Å². The molecule has 5 nitrogen and oxygen atoms in total. The van der Waals surface area contributed by atoms with Gasteiger partial charge in [-0.05, 0) is 61.8 Å². The fourth-order valence-electron chi connectivity index (χ4n) is 4.06. The molecule has 172 valence electrons. The van der Waals surface area contributed by atoms with Crippen molar-refractivity contribution in [3.63, 3.8) is 0 Å². The molecule has 4 rings (SSSR count). The Morgan fingerprint density at radius 2 is 1.91 bits per heavy atom. The lowest BCUT2D eigenvalue weighted by molar-refractivity contribution is -0.137. The minimum absolute atomic E-state index is 0.0249. The van der Waals surface area contributed by atoms with Crippen molar-refractivity contribution in [1.82, 2.24) is 15.2 Å². The zero-order chi connectivity index (χ0) is 23.0. The van der Waals surface area contributed by atoms with Crippen molar-refractivity contribution in [2.75, 3.05) is 26.2 Å². The molecule has 0 aliphatic carbocycles. The number of carbonyl (C=O) groups excluding carboxylic acids is 1. The molecule has 3 aromatic rings. The zero-order valence-electron chi connectivity index (χ0n) is 18.3. The summed E-state index contributed by atoms with van der Waals surface area (Å²) in [6.45, 7) is 2.69. The maximum absolute atomic E-state index is 13.5. The normalized spacial score (nSPS) is 14.1. The average molecular weight is 468 g/mol. The SMILES string of the molecule is O=C(C1CCNCC1)N(CCOc1cccc(F)c1)Cc1ncccc1-c1ccc(Cl)cc1. The van der Waals surface area contributed by atoms with Crippen LogP contribution in [0.1, 0.15) is 18.5 Å². The summed E-state index contributed by atoms with van der Waals surface area (Å²) in [5.41, 5.74) is 2.77. The first kappa shape index (κ1) is 23.2. The highest BCUT2D eigenvalue weighted by atomic mass is 35.5. The van der Waals surface area contributed by atoms with Crippen LogP contribution >= 0.6 is 11.6 Å². The second kappa shape index (κ2) is 11.3. The zero-order valence-corrected chi connectivity index (χ0v) is 19.1. The fourth-order valence-corrected chi connectivity index (χ4v) is 4.19. The molecule has 1 N–H and O–H groups in total. The molecule has 2 aromatic carbocycles. The predicted molar refractivity (Wildman–Crippen MR) is 128 cm³/mol. The number of nitrogens with one attached hydrogen (secondary N) is 1. The Labute approximate surface area is 198 Å². The van der Waals surface area contributed by atoms with Gasteiger partial charge in [-0.3, -0.25) is 9.78 Å². The maximum atomic E-state index is 13.5. The second-order valence-electron chi connectivity index (χ2n) is 8.09. The summed E-state index contributed by atoms with van der Waals surface area (Å²) in [5, 5.41) is 3.98. The molecule has 1 aliphatic rings. The number of piperidine rings is 1. The fraction of sp³-hybridized carbons (Fsp3) is 0.308. The smallest absolute Gasteiger partial charge is 0.226 e. The lowest BCUT2D eigenvalue weighted by Gasteiger charge is -2.30. The Morgan fingerprint density at radius 3 is 2.67 bits per heavy atom. The van der Waals surface area contributed by atoms with Crippen molar-refractivity contribution >= 4 is 17.5 Å². The standard InChI is InChI=1S/C26H27ClFN3O2/c27-21-8-6-19(7-9-21)24-5-2-12-30-25(24)18-31(26(32)20-10-13-29-14-11-20)15-16-33-23-4-1-3-22(28)17-23/h1-9,12,17,20,29H,10-11,13-16,18H2. The lowest BCUT2D eigenvalue weighted by Crippen LogP contribution is -2.42. The Balaban J connectivity index is 1.53. The molecule has 0 spiro atoms. The van der Waals surface area contributed by atoms with Crippen LogP contribution in [-0.4, -0.2) is 42.0 Å². The van der Waals surface area contributed by atoms with E-state index in [-0.39, 0.29) is 24.2 Å². The van der Waals surface area contributed by atoms with Crippen LogP contribution < -0.4 is 10.1 Å². The first-order chi connectivity index (χ1) is 16.1. The molecule has 1 saturated heterocycles. The molecule has 0 radical (unpaired) electrons. The van der Waals surface area contributed by atoms with Gasteiger partial charge < -0.3 is 15.0 Å². The van der Waals surface area contributed by atoms with Gasteiger partial charge >= 0.3 is 0 Å². The summed E-state index contributed by atoms with van der Waals surface area (Å²) in [5.74, 6) is 0.176. The first-order valence-electron chi connectivity index (χ1n) is 11.2. The minimum Gasteiger partial charge on any atom is -0.492 e. The molecular weight excluding hydrogens is 441 g/mol. The minimum atomic E-state index is -0.351. The van der Waals surface area contributed by atoms with Crippen LogP contribution in [0, 0.1) is 11.7 Å². The number of nitrogens with zero attached hydrogens (tertiary/aromatic N) is 2. The molecule has 1 aromatic heterocycles. The van der Waals surface area contributed by atoms with Gasteiger partial charge in [0.25, 0.3) is 0 Å². The monoisotopic (exact) mass is 467 g/mol. The number of hydrogen-bond donors (Lipinski definition) is 1. The van der Waals surface area contributed by atoms with Crippen LogP contribution in [0.3, 0.4) is 0 Å². The molecule has 1 amide bonds. The summed E-state index contributed by atoms with van der Waals surface area (Å²) >= 11 is 6.06. The van der Waals surface area contributed by atoms with E-state index in [0.29, 0.717) is 23.9 Å². The van der Waals surface area contributed by atoms with E-state index < -0.39 is 0 Å². The number of aromatic nitrogens is 1. The molecule has 1 fully saturated rings. The summed E-state index contributed by atoms with van der Waals surface area (Å²) in [6.07, 6.45) is 3.36. The van der Waals surface area contributed by atoms with Gasteiger partial charge in [-0.1, -0.05) is 35.9 Å². The van der Waals surface area contributed by atoms with Gasteiger partial charge in [-0.2, -0.15) is 0 Å². The summed E-state index contributed by atoms with van der Waals surface area (Å²) < 4.78 is 19.2. The highest BCUT2D eigenvalue weighted by Crippen LogP contribution is 2.26. The van der Waals surface area contributed by atoms with Gasteiger partial charge in [-0.25, -0.2) is 4.39 Å². The van der Waals surface area contributed by atoms with E-state index in [0.717, 1.165) is 42.8 Å². The quantitative estimate of drug-likeness (QED) is 0.509. The molecule has 7 heteroatoms. The molecule has 1 aliphatic heterocycles. The number of pyridine rings is 1. The second-order valence-corrected chi connectivity index (χ2v) is 8.53. The number of halogens is 2. The maximum Gasteiger partial charge on any atom is 0.226 e. The Bertz CT molecular complexity index is 1070. The Hall–Kier alpha value is -2.96. The van der Waals surface area contributed by atoms with Crippen LogP contribution in [0.2, 0.25) is 5.02 Å². The van der Waals surface area contributed by atoms with E-state index in [4.69, 9.17) is 16.3 Å². The van der Waals surface area contributed by atoms with E-state index in [1.165, 1.54) is 12.1 Å².